The summed E-state index contributed by atoms with van der Waals surface area (Å²) in [5.74, 6) is -0.196. The molecule has 1 aliphatic rings. The standard InChI is InChI=1S/C22H26FN3O3/c1-22(2,20(27)24-16-8-10-17(29-3)11-9-16)21(28)26-14-12-25(13-15-26)19-7-5-4-6-18(19)23/h4-11H,12-15H2,1-3H3,(H,24,27). The van der Waals surface area contributed by atoms with Gasteiger partial charge in [0.1, 0.15) is 17.0 Å². The molecule has 2 amide bonds. The molecule has 1 N–H and O–H groups in total. The van der Waals surface area contributed by atoms with Crippen LogP contribution in [0.3, 0.4) is 0 Å². The number of halogens is 1. The highest BCUT2D eigenvalue weighted by Crippen LogP contribution is 2.25. The minimum atomic E-state index is -1.22. The number of hydrogen-bond donors (Lipinski definition) is 1. The SMILES string of the molecule is COc1ccc(NC(=O)C(C)(C)C(=O)N2CCN(c3ccccc3F)CC2)cc1. The molecule has 0 saturated carbocycles. The number of amides is 2. The molecule has 3 rings (SSSR count). The number of carbonyl (C=O) groups excluding carboxylic acids is 2. The molecule has 154 valence electrons. The number of hydrogen-bond acceptors (Lipinski definition) is 4. The highest BCUT2D eigenvalue weighted by Gasteiger charge is 2.40. The lowest BCUT2D eigenvalue weighted by molar-refractivity contribution is -0.146. The van der Waals surface area contributed by atoms with Crippen molar-refractivity contribution in [2.45, 2.75) is 13.8 Å². The minimum Gasteiger partial charge on any atom is -0.497 e. The van der Waals surface area contributed by atoms with Gasteiger partial charge >= 0.3 is 0 Å². The normalized spacial score (nSPS) is 14.5. The molecule has 7 heteroatoms. The van der Waals surface area contributed by atoms with Gasteiger partial charge in [-0.3, -0.25) is 9.59 Å². The summed E-state index contributed by atoms with van der Waals surface area (Å²) in [7, 11) is 1.57. The molecule has 0 spiro atoms. The summed E-state index contributed by atoms with van der Waals surface area (Å²) >= 11 is 0. The molecule has 1 fully saturated rings. The first-order valence-corrected chi connectivity index (χ1v) is 9.57. The Balaban J connectivity index is 1.61. The molecule has 0 bridgehead atoms. The Morgan fingerprint density at radius 3 is 2.21 bits per heavy atom. The van der Waals surface area contributed by atoms with Gasteiger partial charge in [0.15, 0.2) is 0 Å². The Kier molecular flexibility index (Phi) is 6.06. The van der Waals surface area contributed by atoms with E-state index in [0.717, 1.165) is 0 Å². The first kappa shape index (κ1) is 20.6. The largest absolute Gasteiger partial charge is 0.497 e. The van der Waals surface area contributed by atoms with Crippen LogP contribution < -0.4 is 15.0 Å². The van der Waals surface area contributed by atoms with Gasteiger partial charge in [0.05, 0.1) is 12.8 Å². The van der Waals surface area contributed by atoms with Crippen LogP contribution in [0.15, 0.2) is 48.5 Å². The molecule has 0 aliphatic carbocycles. The number of methoxy groups -OCH3 is 1. The van der Waals surface area contributed by atoms with Crippen molar-refractivity contribution in [1.29, 1.82) is 0 Å². The zero-order valence-corrected chi connectivity index (χ0v) is 16.9. The third kappa shape index (κ3) is 4.50. The van der Waals surface area contributed by atoms with Crippen LogP contribution in [0.25, 0.3) is 0 Å². The van der Waals surface area contributed by atoms with E-state index in [2.05, 4.69) is 5.32 Å². The molecule has 2 aromatic carbocycles. The van der Waals surface area contributed by atoms with E-state index in [-0.39, 0.29) is 17.6 Å². The lowest BCUT2D eigenvalue weighted by atomic mass is 9.89. The summed E-state index contributed by atoms with van der Waals surface area (Å²) < 4.78 is 19.1. The van der Waals surface area contributed by atoms with Crippen molar-refractivity contribution in [3.63, 3.8) is 0 Å². The number of piperazine rings is 1. The van der Waals surface area contributed by atoms with Gasteiger partial charge in [0.2, 0.25) is 11.8 Å². The van der Waals surface area contributed by atoms with E-state index < -0.39 is 5.41 Å². The van der Waals surface area contributed by atoms with Crippen molar-refractivity contribution in [3.8, 4) is 5.75 Å². The molecule has 1 heterocycles. The molecule has 0 unspecified atom stereocenters. The number of nitrogens with zero attached hydrogens (tertiary/aromatic N) is 2. The van der Waals surface area contributed by atoms with Crippen LogP contribution >= 0.6 is 0 Å². The highest BCUT2D eigenvalue weighted by atomic mass is 19.1. The maximum absolute atomic E-state index is 14.0. The summed E-state index contributed by atoms with van der Waals surface area (Å²) in [6.45, 7) is 5.15. The van der Waals surface area contributed by atoms with E-state index in [0.29, 0.717) is 43.3 Å². The summed E-state index contributed by atoms with van der Waals surface area (Å²) in [5, 5.41) is 2.79. The average Bonchev–Trinajstić information content (AvgIpc) is 2.74. The first-order valence-electron chi connectivity index (χ1n) is 9.57. The van der Waals surface area contributed by atoms with Crippen molar-refractivity contribution in [1.82, 2.24) is 4.90 Å². The molecule has 0 radical (unpaired) electrons. The van der Waals surface area contributed by atoms with Crippen LogP contribution in [0.4, 0.5) is 15.8 Å². The lowest BCUT2D eigenvalue weighted by Crippen LogP contribution is -2.54. The van der Waals surface area contributed by atoms with E-state index in [1.165, 1.54) is 6.07 Å². The maximum atomic E-state index is 14.0. The van der Waals surface area contributed by atoms with E-state index in [1.54, 1.807) is 68.3 Å². The van der Waals surface area contributed by atoms with Gasteiger partial charge < -0.3 is 19.9 Å². The van der Waals surface area contributed by atoms with Gasteiger partial charge in [-0.25, -0.2) is 4.39 Å². The first-order chi connectivity index (χ1) is 13.8. The van der Waals surface area contributed by atoms with Gasteiger partial charge in [-0.15, -0.1) is 0 Å². The topological polar surface area (TPSA) is 61.9 Å². The van der Waals surface area contributed by atoms with Crippen LogP contribution in [0.1, 0.15) is 13.8 Å². The van der Waals surface area contributed by atoms with Crippen molar-refractivity contribution in [2.75, 3.05) is 43.5 Å². The van der Waals surface area contributed by atoms with E-state index in [4.69, 9.17) is 4.74 Å². The summed E-state index contributed by atoms with van der Waals surface area (Å²) in [6, 6.07) is 13.6. The zero-order chi connectivity index (χ0) is 21.0. The molecule has 2 aromatic rings. The maximum Gasteiger partial charge on any atom is 0.239 e. The predicted molar refractivity (Wildman–Crippen MR) is 111 cm³/mol. The van der Waals surface area contributed by atoms with Crippen LogP contribution in [0.2, 0.25) is 0 Å². The monoisotopic (exact) mass is 399 g/mol. The Bertz CT molecular complexity index is 875. The summed E-state index contributed by atoms with van der Waals surface area (Å²) in [6.07, 6.45) is 0. The fourth-order valence-corrected chi connectivity index (χ4v) is 3.31. The lowest BCUT2D eigenvalue weighted by Gasteiger charge is -2.39. The molecular weight excluding hydrogens is 373 g/mol. The quantitative estimate of drug-likeness (QED) is 0.785. The Morgan fingerprint density at radius 2 is 1.62 bits per heavy atom. The molecular formula is C22H26FN3O3. The van der Waals surface area contributed by atoms with Crippen LogP contribution in [0, 0.1) is 11.2 Å². The third-order valence-corrected chi connectivity index (χ3v) is 5.21. The number of ether oxygens (including phenoxy) is 1. The molecule has 6 nitrogen and oxygen atoms in total. The number of para-hydroxylation sites is 1. The number of nitrogens with one attached hydrogen (secondary N) is 1. The van der Waals surface area contributed by atoms with Gasteiger partial charge in [-0.2, -0.15) is 0 Å². The van der Waals surface area contributed by atoms with Gasteiger partial charge in [0.25, 0.3) is 0 Å². The second kappa shape index (κ2) is 8.51. The van der Waals surface area contributed by atoms with Gasteiger partial charge in [-0.1, -0.05) is 12.1 Å². The van der Waals surface area contributed by atoms with Crippen molar-refractivity contribution in [3.05, 3.63) is 54.3 Å². The Morgan fingerprint density at radius 1 is 1.00 bits per heavy atom. The fraction of sp³-hybridized carbons (Fsp3) is 0.364. The average molecular weight is 399 g/mol. The number of benzene rings is 2. The molecule has 0 aromatic heterocycles. The fourth-order valence-electron chi connectivity index (χ4n) is 3.31. The second-order valence-electron chi connectivity index (χ2n) is 7.54. The van der Waals surface area contributed by atoms with Crippen LogP contribution in [-0.4, -0.2) is 50.0 Å². The van der Waals surface area contributed by atoms with Gasteiger partial charge in [-0.05, 0) is 50.2 Å². The molecule has 29 heavy (non-hydrogen) atoms. The summed E-state index contributed by atoms with van der Waals surface area (Å²) in [5.41, 5.74) is -0.0859. The van der Waals surface area contributed by atoms with Crippen molar-refractivity contribution >= 4 is 23.2 Å². The van der Waals surface area contributed by atoms with Crippen molar-refractivity contribution < 1.29 is 18.7 Å². The van der Waals surface area contributed by atoms with Crippen molar-refractivity contribution in [2.24, 2.45) is 5.41 Å². The third-order valence-electron chi connectivity index (χ3n) is 5.21. The number of anilines is 2. The number of rotatable bonds is 5. The molecule has 1 saturated heterocycles. The predicted octanol–water partition coefficient (Wildman–Crippen LogP) is 3.15. The van der Waals surface area contributed by atoms with E-state index in [9.17, 15) is 14.0 Å². The van der Waals surface area contributed by atoms with E-state index >= 15 is 0 Å². The van der Waals surface area contributed by atoms with Crippen LogP contribution in [-0.2, 0) is 9.59 Å². The Labute approximate surface area is 170 Å². The minimum absolute atomic E-state index is 0.239. The van der Waals surface area contributed by atoms with Crippen LogP contribution in [0.5, 0.6) is 5.75 Å². The smallest absolute Gasteiger partial charge is 0.239 e. The molecule has 0 atom stereocenters. The van der Waals surface area contributed by atoms with E-state index in [1.807, 2.05) is 4.90 Å². The Hall–Kier alpha value is -3.09. The zero-order valence-electron chi connectivity index (χ0n) is 16.9. The molecule has 1 aliphatic heterocycles. The van der Waals surface area contributed by atoms with Gasteiger partial charge in [0, 0.05) is 31.9 Å². The number of carbonyl (C=O) groups is 2. The summed E-state index contributed by atoms with van der Waals surface area (Å²) in [4.78, 5) is 29.4. The second-order valence-corrected chi connectivity index (χ2v) is 7.54. The highest BCUT2D eigenvalue weighted by molar-refractivity contribution is 6.09.